The molecule has 3 aliphatic rings. The highest BCUT2D eigenvalue weighted by Gasteiger charge is 2.45. The minimum atomic E-state index is -0.408. The standard InChI is InChI=1S/C17H18ClN3O2S/c18-13-3-1-2-12(10-13)14-15(19-11-24-14)20-16(22)23-17-4-7-21(8-5-17)9-6-17/h1-3,10-11H,4-9H2,(H,20,22)/p+1. The van der Waals surface area contributed by atoms with E-state index in [1.807, 2.05) is 24.3 Å². The lowest BCUT2D eigenvalue weighted by molar-refractivity contribution is -0.918. The van der Waals surface area contributed by atoms with Crippen molar-refractivity contribution >= 4 is 34.8 Å². The molecule has 126 valence electrons. The average molecular weight is 365 g/mol. The lowest BCUT2D eigenvalue weighted by Crippen LogP contribution is -3.16. The zero-order valence-electron chi connectivity index (χ0n) is 13.2. The van der Waals surface area contributed by atoms with Gasteiger partial charge in [0.25, 0.3) is 0 Å². The third kappa shape index (κ3) is 3.14. The predicted octanol–water partition coefficient (Wildman–Crippen LogP) is 2.83. The van der Waals surface area contributed by atoms with E-state index in [0.29, 0.717) is 10.8 Å². The number of thiazole rings is 1. The van der Waals surface area contributed by atoms with Crippen molar-refractivity contribution in [2.24, 2.45) is 0 Å². The van der Waals surface area contributed by atoms with Crippen molar-refractivity contribution in [2.45, 2.75) is 24.9 Å². The van der Waals surface area contributed by atoms with Gasteiger partial charge >= 0.3 is 6.09 Å². The van der Waals surface area contributed by atoms with Crippen molar-refractivity contribution in [3.63, 3.8) is 0 Å². The normalized spacial score (nSPS) is 25.5. The number of nitrogens with one attached hydrogen (secondary N) is 2. The Bertz CT molecular complexity index is 742. The number of hydrogen-bond donors (Lipinski definition) is 2. The van der Waals surface area contributed by atoms with Crippen molar-refractivity contribution in [1.82, 2.24) is 4.98 Å². The molecule has 1 aromatic heterocycles. The predicted molar refractivity (Wildman–Crippen MR) is 94.8 cm³/mol. The first-order chi connectivity index (χ1) is 11.6. The molecule has 0 saturated carbocycles. The number of fused-ring (bicyclic) bond motifs is 3. The molecular formula is C17H19ClN3O2S+. The molecule has 2 bridgehead atoms. The zero-order chi connectivity index (χ0) is 16.6. The zero-order valence-corrected chi connectivity index (χ0v) is 14.8. The number of hydrogen-bond acceptors (Lipinski definition) is 4. The lowest BCUT2D eigenvalue weighted by Gasteiger charge is -2.44. The molecule has 4 heterocycles. The van der Waals surface area contributed by atoms with E-state index >= 15 is 0 Å². The van der Waals surface area contributed by atoms with Crippen LogP contribution in [0.5, 0.6) is 0 Å². The van der Waals surface area contributed by atoms with Crippen LogP contribution in [0, 0.1) is 0 Å². The molecule has 3 fully saturated rings. The van der Waals surface area contributed by atoms with Gasteiger partial charge in [-0.25, -0.2) is 9.78 Å². The minimum Gasteiger partial charge on any atom is -0.442 e. The third-order valence-corrected chi connectivity index (χ3v) is 6.10. The van der Waals surface area contributed by atoms with E-state index in [0.717, 1.165) is 49.3 Å². The Morgan fingerprint density at radius 3 is 2.75 bits per heavy atom. The molecule has 2 aromatic rings. The fourth-order valence-corrected chi connectivity index (χ4v) is 4.54. The Labute approximate surface area is 149 Å². The van der Waals surface area contributed by atoms with Crippen molar-refractivity contribution < 1.29 is 14.4 Å². The summed E-state index contributed by atoms with van der Waals surface area (Å²) >= 11 is 7.53. The number of carbonyl (C=O) groups is 1. The first-order valence-corrected chi connectivity index (χ1v) is 9.42. The summed E-state index contributed by atoms with van der Waals surface area (Å²) in [6.45, 7) is 3.28. The quantitative estimate of drug-likeness (QED) is 0.880. The van der Waals surface area contributed by atoms with Crippen LogP contribution >= 0.6 is 22.9 Å². The van der Waals surface area contributed by atoms with Gasteiger partial charge in [-0.15, -0.1) is 11.3 Å². The monoisotopic (exact) mass is 364 g/mol. The van der Waals surface area contributed by atoms with E-state index < -0.39 is 6.09 Å². The van der Waals surface area contributed by atoms with Crippen LogP contribution in [0.1, 0.15) is 19.3 Å². The van der Waals surface area contributed by atoms with E-state index in [4.69, 9.17) is 16.3 Å². The molecular weight excluding hydrogens is 346 g/mol. The maximum absolute atomic E-state index is 12.4. The summed E-state index contributed by atoms with van der Waals surface area (Å²) in [4.78, 5) is 19.2. The van der Waals surface area contributed by atoms with E-state index in [1.165, 1.54) is 11.3 Å². The number of benzene rings is 1. The number of rotatable bonds is 3. The number of aromatic nitrogens is 1. The van der Waals surface area contributed by atoms with Crippen molar-refractivity contribution in [3.05, 3.63) is 34.8 Å². The van der Waals surface area contributed by atoms with E-state index in [1.54, 1.807) is 10.4 Å². The van der Waals surface area contributed by atoms with Gasteiger partial charge in [-0.1, -0.05) is 23.7 Å². The maximum Gasteiger partial charge on any atom is 0.413 e. The van der Waals surface area contributed by atoms with Crippen LogP contribution in [-0.4, -0.2) is 36.3 Å². The number of halogens is 1. The highest BCUT2D eigenvalue weighted by atomic mass is 35.5. The summed E-state index contributed by atoms with van der Waals surface area (Å²) in [5, 5.41) is 3.48. The summed E-state index contributed by atoms with van der Waals surface area (Å²) < 4.78 is 5.83. The van der Waals surface area contributed by atoms with Gasteiger partial charge in [-0.2, -0.15) is 0 Å². The van der Waals surface area contributed by atoms with Gasteiger partial charge in [-0.05, 0) is 17.7 Å². The molecule has 24 heavy (non-hydrogen) atoms. The molecule has 5 nitrogen and oxygen atoms in total. The number of ether oxygens (including phenoxy) is 1. The number of carbonyl (C=O) groups excluding carboxylic acids is 1. The summed E-state index contributed by atoms with van der Waals surface area (Å²) in [7, 11) is 0. The first-order valence-electron chi connectivity index (χ1n) is 8.17. The van der Waals surface area contributed by atoms with Crippen LogP contribution < -0.4 is 10.2 Å². The van der Waals surface area contributed by atoms with Gasteiger partial charge in [0.05, 0.1) is 30.0 Å². The van der Waals surface area contributed by atoms with Crippen molar-refractivity contribution in [1.29, 1.82) is 0 Å². The number of amides is 1. The highest BCUT2D eigenvalue weighted by Crippen LogP contribution is 2.34. The Morgan fingerprint density at radius 1 is 1.29 bits per heavy atom. The average Bonchev–Trinajstić information content (AvgIpc) is 3.04. The molecule has 3 saturated heterocycles. The van der Waals surface area contributed by atoms with Crippen LogP contribution in [0.25, 0.3) is 10.4 Å². The van der Waals surface area contributed by atoms with Crippen molar-refractivity contribution in [3.8, 4) is 10.4 Å². The third-order valence-electron chi connectivity index (χ3n) is 4.99. The largest absolute Gasteiger partial charge is 0.442 e. The molecule has 0 atom stereocenters. The van der Waals surface area contributed by atoms with Gasteiger partial charge in [-0.3, -0.25) is 5.32 Å². The van der Waals surface area contributed by atoms with Crippen molar-refractivity contribution in [2.75, 3.05) is 25.0 Å². The van der Waals surface area contributed by atoms with Gasteiger partial charge < -0.3 is 9.64 Å². The molecule has 2 N–H and O–H groups in total. The van der Waals surface area contributed by atoms with Gasteiger partial charge in [0.2, 0.25) is 0 Å². The Morgan fingerprint density at radius 2 is 2.04 bits per heavy atom. The molecule has 3 aliphatic heterocycles. The lowest BCUT2D eigenvalue weighted by atomic mass is 9.83. The number of nitrogens with zero attached hydrogens (tertiary/aromatic N) is 1. The second-order valence-electron chi connectivity index (χ2n) is 6.49. The maximum atomic E-state index is 12.4. The summed E-state index contributed by atoms with van der Waals surface area (Å²) in [5.41, 5.74) is 2.37. The molecule has 7 heteroatoms. The van der Waals surface area contributed by atoms with Crippen LogP contribution in [0.2, 0.25) is 5.02 Å². The van der Waals surface area contributed by atoms with Gasteiger partial charge in [0, 0.05) is 24.3 Å². The van der Waals surface area contributed by atoms with E-state index in [2.05, 4.69) is 10.3 Å². The number of anilines is 1. The Kier molecular flexibility index (Phi) is 4.20. The number of quaternary nitrogens is 1. The summed E-state index contributed by atoms with van der Waals surface area (Å²) in [5.74, 6) is 0.530. The molecule has 0 unspecified atom stereocenters. The summed E-state index contributed by atoms with van der Waals surface area (Å²) in [6, 6.07) is 7.53. The second kappa shape index (κ2) is 6.35. The molecule has 1 aromatic carbocycles. The topological polar surface area (TPSA) is 55.7 Å². The molecule has 5 rings (SSSR count). The Balaban J connectivity index is 1.48. The molecule has 1 amide bonds. The fourth-order valence-electron chi connectivity index (χ4n) is 3.61. The van der Waals surface area contributed by atoms with E-state index in [9.17, 15) is 4.79 Å². The van der Waals surface area contributed by atoms with E-state index in [-0.39, 0.29) is 5.60 Å². The molecule has 0 radical (unpaired) electrons. The second-order valence-corrected chi connectivity index (χ2v) is 7.78. The fraction of sp³-hybridized carbons (Fsp3) is 0.412. The van der Waals surface area contributed by atoms with Crippen LogP contribution in [0.15, 0.2) is 29.8 Å². The SMILES string of the molecule is O=C(Nc1ncsc1-c1cccc(Cl)c1)OC12CC[NH+](CC1)CC2. The first kappa shape index (κ1) is 15.9. The van der Waals surface area contributed by atoms with Crippen LogP contribution in [-0.2, 0) is 4.74 Å². The molecule has 0 aliphatic carbocycles. The smallest absolute Gasteiger partial charge is 0.413 e. The summed E-state index contributed by atoms with van der Waals surface area (Å²) in [6.07, 6.45) is 2.45. The van der Waals surface area contributed by atoms with Crippen LogP contribution in [0.4, 0.5) is 10.6 Å². The van der Waals surface area contributed by atoms with Crippen LogP contribution in [0.3, 0.4) is 0 Å². The molecule has 0 spiro atoms. The van der Waals surface area contributed by atoms with Gasteiger partial charge in [0.1, 0.15) is 5.60 Å². The minimum absolute atomic E-state index is 0.280. The number of piperidine rings is 3. The highest BCUT2D eigenvalue weighted by molar-refractivity contribution is 7.13. The Hall–Kier alpha value is -1.63. The van der Waals surface area contributed by atoms with Gasteiger partial charge in [0.15, 0.2) is 5.82 Å².